The summed E-state index contributed by atoms with van der Waals surface area (Å²) in [5, 5.41) is 10.9. The van der Waals surface area contributed by atoms with Crippen molar-refractivity contribution in [1.82, 2.24) is 4.13 Å². The van der Waals surface area contributed by atoms with E-state index in [4.69, 9.17) is 16.3 Å². The highest BCUT2D eigenvalue weighted by Gasteiger charge is 2.33. The van der Waals surface area contributed by atoms with Crippen LogP contribution in [0, 0.1) is 15.9 Å². The Balaban J connectivity index is 2.00. The molecule has 3 rings (SSSR count). The summed E-state index contributed by atoms with van der Waals surface area (Å²) in [6.07, 6.45) is -4.70. The van der Waals surface area contributed by atoms with Gasteiger partial charge in [-0.25, -0.2) is 21.2 Å². The molecule has 9 nitrogen and oxygen atoms in total. The Morgan fingerprint density at radius 1 is 0.914 bits per heavy atom. The Morgan fingerprint density at radius 2 is 1.54 bits per heavy atom. The van der Waals surface area contributed by atoms with E-state index in [1.54, 1.807) is 0 Å². The van der Waals surface area contributed by atoms with Crippen molar-refractivity contribution in [3.05, 3.63) is 87.2 Å². The highest BCUT2D eigenvalue weighted by atomic mass is 35.5. The van der Waals surface area contributed by atoms with Gasteiger partial charge in [-0.15, -0.1) is 4.13 Å². The van der Waals surface area contributed by atoms with Crippen LogP contribution in [0.5, 0.6) is 11.5 Å². The molecule has 0 unspecified atom stereocenters. The first-order chi connectivity index (χ1) is 16.1. The summed E-state index contributed by atoms with van der Waals surface area (Å²) in [5.41, 5.74) is -2.12. The normalized spacial score (nSPS) is 12.4. The van der Waals surface area contributed by atoms with E-state index < -0.39 is 68.8 Å². The third kappa shape index (κ3) is 6.05. The Kier molecular flexibility index (Phi) is 7.08. The first-order valence-corrected chi connectivity index (χ1v) is 12.3. The zero-order valence-corrected chi connectivity index (χ0v) is 19.2. The van der Waals surface area contributed by atoms with E-state index in [9.17, 15) is 44.5 Å². The third-order valence-electron chi connectivity index (χ3n) is 4.25. The number of hydrogen-bond acceptors (Lipinski definition) is 7. The maximum absolute atomic E-state index is 13.1. The number of alkyl halides is 3. The summed E-state index contributed by atoms with van der Waals surface area (Å²) in [5.74, 6) is -1.56. The van der Waals surface area contributed by atoms with Gasteiger partial charge in [0.2, 0.25) is 0 Å². The number of rotatable bonds is 7. The molecule has 3 aromatic rings. The molecule has 0 aromatic heterocycles. The Labute approximate surface area is 200 Å². The number of nitro groups is 1. The van der Waals surface area contributed by atoms with Gasteiger partial charge in [0.25, 0.3) is 25.7 Å². The minimum Gasteiger partial charge on any atom is -0.456 e. The molecule has 1 N–H and O–H groups in total. The highest BCUT2D eigenvalue weighted by Crippen LogP contribution is 2.37. The number of sulfonamides is 2. The first kappa shape index (κ1) is 26.3. The summed E-state index contributed by atoms with van der Waals surface area (Å²) >= 11 is 5.79. The standard InChI is InChI=1S/C19H11ClF4N2O7S2/c20-15-9-11(19(22,23)24)1-8-17(15)33-13-4-7-16(26(27)28)18(10-13)35(31,32)25-34(29,30)14-5-2-12(21)3-6-14/h1-10,25H. The molecule has 0 aliphatic rings. The maximum Gasteiger partial charge on any atom is 0.416 e. The number of nitrogens with zero attached hydrogens (tertiary/aromatic N) is 1. The molecule has 0 saturated carbocycles. The highest BCUT2D eigenvalue weighted by molar-refractivity contribution is 8.04. The van der Waals surface area contributed by atoms with Crippen molar-refractivity contribution in [3.63, 3.8) is 0 Å². The van der Waals surface area contributed by atoms with Gasteiger partial charge in [0.05, 0.1) is 20.4 Å². The van der Waals surface area contributed by atoms with Crippen LogP contribution in [0.25, 0.3) is 0 Å². The summed E-state index contributed by atoms with van der Waals surface area (Å²) in [4.78, 5) is 8.47. The van der Waals surface area contributed by atoms with Crippen LogP contribution in [-0.4, -0.2) is 21.8 Å². The number of halogens is 5. The van der Waals surface area contributed by atoms with Gasteiger partial charge < -0.3 is 4.74 Å². The number of hydrogen-bond donors (Lipinski definition) is 1. The van der Waals surface area contributed by atoms with Crippen LogP contribution in [-0.2, 0) is 26.2 Å². The fraction of sp³-hybridized carbons (Fsp3) is 0.0526. The molecule has 0 bridgehead atoms. The van der Waals surface area contributed by atoms with E-state index in [2.05, 4.69) is 0 Å². The zero-order valence-electron chi connectivity index (χ0n) is 16.8. The van der Waals surface area contributed by atoms with E-state index in [1.165, 1.54) is 4.13 Å². The van der Waals surface area contributed by atoms with Crippen molar-refractivity contribution in [1.29, 1.82) is 0 Å². The van der Waals surface area contributed by atoms with Crippen LogP contribution in [0.3, 0.4) is 0 Å². The first-order valence-electron chi connectivity index (χ1n) is 8.97. The molecule has 0 aliphatic carbocycles. The van der Waals surface area contributed by atoms with E-state index in [0.717, 1.165) is 36.4 Å². The fourth-order valence-electron chi connectivity index (χ4n) is 2.66. The molecule has 0 fully saturated rings. The molecular formula is C19H11ClF4N2O7S2. The van der Waals surface area contributed by atoms with E-state index in [0.29, 0.717) is 24.3 Å². The van der Waals surface area contributed by atoms with Gasteiger partial charge in [-0.3, -0.25) is 10.1 Å². The number of ether oxygens (including phenoxy) is 1. The van der Waals surface area contributed by atoms with Crippen LogP contribution in [0.2, 0.25) is 5.02 Å². The SMILES string of the molecule is O=[N+]([O-])c1ccc(Oc2ccc(C(F)(F)F)cc2Cl)cc1S(=O)(=O)NS(=O)(=O)c1ccc(F)cc1. The van der Waals surface area contributed by atoms with Crippen molar-refractivity contribution < 1.29 is 44.1 Å². The average Bonchev–Trinajstić information content (AvgIpc) is 2.74. The van der Waals surface area contributed by atoms with Gasteiger partial charge in [-0.2, -0.15) is 13.2 Å². The van der Waals surface area contributed by atoms with Crippen LogP contribution >= 0.6 is 11.6 Å². The van der Waals surface area contributed by atoms with Gasteiger partial charge in [-0.1, -0.05) is 11.6 Å². The maximum atomic E-state index is 13.1. The second kappa shape index (κ2) is 9.41. The lowest BCUT2D eigenvalue weighted by atomic mass is 10.2. The van der Waals surface area contributed by atoms with Gasteiger partial charge in [0.1, 0.15) is 17.3 Å². The van der Waals surface area contributed by atoms with Gasteiger partial charge in [0, 0.05) is 12.1 Å². The second-order valence-electron chi connectivity index (χ2n) is 6.68. The van der Waals surface area contributed by atoms with Crippen molar-refractivity contribution in [2.24, 2.45) is 0 Å². The second-order valence-corrected chi connectivity index (χ2v) is 10.7. The topological polar surface area (TPSA) is 133 Å². The lowest BCUT2D eigenvalue weighted by molar-refractivity contribution is -0.387. The van der Waals surface area contributed by atoms with Gasteiger partial charge in [0.15, 0.2) is 4.90 Å². The monoisotopic (exact) mass is 554 g/mol. The molecule has 186 valence electrons. The summed E-state index contributed by atoms with van der Waals surface area (Å²) in [6.45, 7) is 0. The summed E-state index contributed by atoms with van der Waals surface area (Å²) < 4.78 is 108. The summed E-state index contributed by atoms with van der Waals surface area (Å²) in [6, 6.07) is 7.30. The molecule has 0 aliphatic heterocycles. The van der Waals surface area contributed by atoms with Crippen LogP contribution in [0.1, 0.15) is 5.56 Å². The van der Waals surface area contributed by atoms with Crippen molar-refractivity contribution in [2.75, 3.05) is 0 Å². The molecule has 16 heteroatoms. The molecule has 3 aromatic carbocycles. The minimum atomic E-state index is -5.14. The average molecular weight is 555 g/mol. The lowest BCUT2D eigenvalue weighted by Gasteiger charge is -2.13. The largest absolute Gasteiger partial charge is 0.456 e. The van der Waals surface area contributed by atoms with E-state index >= 15 is 0 Å². The van der Waals surface area contributed by atoms with Crippen molar-refractivity contribution in [2.45, 2.75) is 16.0 Å². The molecular weight excluding hydrogens is 544 g/mol. The Morgan fingerprint density at radius 3 is 2.09 bits per heavy atom. The predicted molar refractivity (Wildman–Crippen MR) is 114 cm³/mol. The minimum absolute atomic E-state index is 0.344. The Hall–Kier alpha value is -3.27. The van der Waals surface area contributed by atoms with Gasteiger partial charge >= 0.3 is 6.18 Å². The van der Waals surface area contributed by atoms with Crippen molar-refractivity contribution in [3.8, 4) is 11.5 Å². The van der Waals surface area contributed by atoms with Crippen LogP contribution in [0.15, 0.2) is 70.5 Å². The molecule has 0 spiro atoms. The molecule has 0 saturated heterocycles. The number of nitro benzene ring substituents is 1. The van der Waals surface area contributed by atoms with Crippen LogP contribution < -0.4 is 8.86 Å². The third-order valence-corrected chi connectivity index (χ3v) is 8.10. The molecule has 0 radical (unpaired) electrons. The quantitative estimate of drug-likeness (QED) is 0.250. The van der Waals surface area contributed by atoms with E-state index in [-0.39, 0.29) is 5.75 Å². The molecule has 0 heterocycles. The lowest BCUT2D eigenvalue weighted by Crippen LogP contribution is -2.31. The molecule has 0 atom stereocenters. The van der Waals surface area contributed by atoms with Crippen LogP contribution in [0.4, 0.5) is 23.2 Å². The smallest absolute Gasteiger partial charge is 0.416 e. The summed E-state index contributed by atoms with van der Waals surface area (Å²) in [7, 11) is -9.96. The number of nitrogens with one attached hydrogen (secondary N) is 1. The molecule has 0 amide bonds. The number of benzene rings is 3. The zero-order chi connectivity index (χ0) is 26.2. The molecule has 35 heavy (non-hydrogen) atoms. The Bertz CT molecular complexity index is 1510. The van der Waals surface area contributed by atoms with Gasteiger partial charge in [-0.05, 0) is 48.5 Å². The fourth-order valence-corrected chi connectivity index (χ4v) is 5.96. The van der Waals surface area contributed by atoms with E-state index in [1.807, 2.05) is 0 Å². The predicted octanol–water partition coefficient (Wildman–Crippen LogP) is 4.87. The van der Waals surface area contributed by atoms with Crippen molar-refractivity contribution >= 4 is 37.3 Å².